The number of aliphatic hydroxyl groups is 2. The van der Waals surface area contributed by atoms with Gasteiger partial charge in [-0.3, -0.25) is 18.6 Å². The summed E-state index contributed by atoms with van der Waals surface area (Å²) in [6, 6.07) is 0. The summed E-state index contributed by atoms with van der Waals surface area (Å²) in [5.41, 5.74) is 0. The predicted molar refractivity (Wildman–Crippen MR) is 223 cm³/mol. The van der Waals surface area contributed by atoms with E-state index in [9.17, 15) is 24.2 Å². The largest absolute Gasteiger partial charge is 0.472 e. The Hall–Kier alpha value is -2.59. The molecule has 0 aromatic rings. The fourth-order valence-electron chi connectivity index (χ4n) is 5.09. The van der Waals surface area contributed by atoms with E-state index in [4.69, 9.17) is 19.1 Å². The topological polar surface area (TPSA) is 149 Å². The van der Waals surface area contributed by atoms with Crippen LogP contribution >= 0.6 is 7.82 Å². The highest BCUT2D eigenvalue weighted by atomic mass is 31.2. The molecule has 1 unspecified atom stereocenters. The standard InChI is InChI=1S/C44H75O10P/c1-3-5-7-9-11-13-15-17-18-19-20-21-22-24-26-28-30-32-34-36-44(48)54-42(40-53-55(49,50)52-38-41(46)37-45)39-51-43(47)35-33-31-29-27-25-23-16-14-12-10-8-6-4-2/h11,13-14,16-18,20-21,24,26,30,32,41-42,45-46H,3-10,12,15,19,22-23,25,27-29,31,33-40H2,1-2H3,(H,49,50)/t41-,42+/m0/s1. The Morgan fingerprint density at radius 3 is 1.55 bits per heavy atom. The number of rotatable bonds is 38. The van der Waals surface area contributed by atoms with Crippen molar-refractivity contribution in [3.05, 3.63) is 72.9 Å². The lowest BCUT2D eigenvalue weighted by molar-refractivity contribution is -0.161. The van der Waals surface area contributed by atoms with E-state index >= 15 is 0 Å². The Labute approximate surface area is 333 Å². The van der Waals surface area contributed by atoms with Gasteiger partial charge in [0.05, 0.1) is 19.8 Å². The van der Waals surface area contributed by atoms with Crippen molar-refractivity contribution < 1.29 is 47.8 Å². The van der Waals surface area contributed by atoms with Gasteiger partial charge in [0.1, 0.15) is 12.7 Å². The second kappa shape index (κ2) is 39.6. The van der Waals surface area contributed by atoms with Crippen LogP contribution in [0.2, 0.25) is 0 Å². The van der Waals surface area contributed by atoms with Gasteiger partial charge in [-0.05, 0) is 77.0 Å². The minimum absolute atomic E-state index is 0.0558. The smallest absolute Gasteiger partial charge is 0.462 e. The lowest BCUT2D eigenvalue weighted by Gasteiger charge is -2.20. The first-order valence-electron chi connectivity index (χ1n) is 20.9. The van der Waals surface area contributed by atoms with Crippen LogP contribution in [0.3, 0.4) is 0 Å². The van der Waals surface area contributed by atoms with E-state index in [1.165, 1.54) is 51.4 Å². The van der Waals surface area contributed by atoms with Gasteiger partial charge in [-0.15, -0.1) is 0 Å². The number of carbonyl (C=O) groups is 2. The van der Waals surface area contributed by atoms with Gasteiger partial charge in [-0.2, -0.15) is 0 Å². The second-order valence-electron chi connectivity index (χ2n) is 13.7. The summed E-state index contributed by atoms with van der Waals surface area (Å²) < 4.78 is 32.6. The first-order valence-corrected chi connectivity index (χ1v) is 22.4. The van der Waals surface area contributed by atoms with Gasteiger partial charge in [0.15, 0.2) is 6.10 Å². The molecule has 0 aliphatic heterocycles. The molecule has 0 spiro atoms. The molecular formula is C44H75O10P. The molecule has 0 aromatic carbocycles. The molecule has 0 bridgehead atoms. The maximum absolute atomic E-state index is 12.6. The SMILES string of the molecule is CCCCCC=CCC=CCC=CCC=CCC=CCCC(=O)O[C@H](COC(=O)CCCCCCCC=CCCCCCC)COP(=O)(O)OC[C@@H](O)CO. The zero-order valence-electron chi connectivity index (χ0n) is 34.1. The van der Waals surface area contributed by atoms with Crippen molar-refractivity contribution in [2.75, 3.05) is 26.4 Å². The molecule has 0 radical (unpaired) electrons. The van der Waals surface area contributed by atoms with Gasteiger partial charge in [0, 0.05) is 12.8 Å². The summed E-state index contributed by atoms with van der Waals surface area (Å²) in [5, 5.41) is 18.3. The highest BCUT2D eigenvalue weighted by Crippen LogP contribution is 2.43. The molecule has 11 heteroatoms. The number of allylic oxidation sites excluding steroid dienone is 12. The van der Waals surface area contributed by atoms with Crippen LogP contribution in [0.5, 0.6) is 0 Å². The third-order valence-electron chi connectivity index (χ3n) is 8.35. The van der Waals surface area contributed by atoms with Crippen LogP contribution in [0, 0.1) is 0 Å². The first-order chi connectivity index (χ1) is 26.7. The number of phosphoric ester groups is 1. The minimum Gasteiger partial charge on any atom is -0.462 e. The fourth-order valence-corrected chi connectivity index (χ4v) is 5.88. The summed E-state index contributed by atoms with van der Waals surface area (Å²) in [6.07, 6.45) is 44.5. The van der Waals surface area contributed by atoms with Gasteiger partial charge in [-0.1, -0.05) is 138 Å². The lowest BCUT2D eigenvalue weighted by Crippen LogP contribution is -2.29. The number of hydrogen-bond donors (Lipinski definition) is 3. The maximum atomic E-state index is 12.6. The number of hydrogen-bond acceptors (Lipinski definition) is 9. The Morgan fingerprint density at radius 2 is 0.982 bits per heavy atom. The summed E-state index contributed by atoms with van der Waals surface area (Å²) in [5.74, 6) is -1.04. The van der Waals surface area contributed by atoms with Crippen molar-refractivity contribution in [2.45, 2.75) is 167 Å². The third-order valence-corrected chi connectivity index (χ3v) is 9.30. The second-order valence-corrected chi connectivity index (χ2v) is 15.1. The Kier molecular flexibility index (Phi) is 37.8. The quantitative estimate of drug-likeness (QED) is 0.0239. The average Bonchev–Trinajstić information content (AvgIpc) is 3.17. The molecule has 0 aliphatic carbocycles. The van der Waals surface area contributed by atoms with Crippen molar-refractivity contribution in [3.8, 4) is 0 Å². The van der Waals surface area contributed by atoms with Crippen molar-refractivity contribution in [2.24, 2.45) is 0 Å². The average molecular weight is 795 g/mol. The van der Waals surface area contributed by atoms with Crippen LogP contribution < -0.4 is 0 Å². The predicted octanol–water partition coefficient (Wildman–Crippen LogP) is 10.9. The molecule has 0 saturated carbocycles. The van der Waals surface area contributed by atoms with Crippen molar-refractivity contribution in [3.63, 3.8) is 0 Å². The van der Waals surface area contributed by atoms with E-state index in [1.807, 2.05) is 12.2 Å². The summed E-state index contributed by atoms with van der Waals surface area (Å²) in [4.78, 5) is 34.9. The van der Waals surface area contributed by atoms with Crippen LogP contribution in [0.1, 0.15) is 155 Å². The van der Waals surface area contributed by atoms with E-state index in [-0.39, 0.29) is 19.4 Å². The van der Waals surface area contributed by atoms with Crippen molar-refractivity contribution in [1.29, 1.82) is 0 Å². The van der Waals surface area contributed by atoms with Gasteiger partial charge >= 0.3 is 19.8 Å². The van der Waals surface area contributed by atoms with Crippen LogP contribution in [0.15, 0.2) is 72.9 Å². The van der Waals surface area contributed by atoms with Gasteiger partial charge in [0.2, 0.25) is 0 Å². The summed E-state index contributed by atoms with van der Waals surface area (Å²) in [7, 11) is -4.64. The highest BCUT2D eigenvalue weighted by molar-refractivity contribution is 7.47. The maximum Gasteiger partial charge on any atom is 0.472 e. The third kappa shape index (κ3) is 39.4. The molecule has 0 aliphatic rings. The number of unbranched alkanes of at least 4 members (excludes halogenated alkanes) is 12. The Balaban J connectivity index is 4.48. The number of phosphoric acid groups is 1. The molecule has 0 amide bonds. The van der Waals surface area contributed by atoms with Crippen LogP contribution in [0.4, 0.5) is 0 Å². The zero-order valence-corrected chi connectivity index (χ0v) is 35.0. The van der Waals surface area contributed by atoms with E-state index in [2.05, 4.69) is 79.1 Å². The molecule has 0 heterocycles. The summed E-state index contributed by atoms with van der Waals surface area (Å²) in [6.45, 7) is 2.22. The zero-order chi connectivity index (χ0) is 40.5. The number of carbonyl (C=O) groups excluding carboxylic acids is 2. The molecule has 316 valence electrons. The first kappa shape index (κ1) is 52.4. The molecule has 10 nitrogen and oxygen atoms in total. The number of esters is 2. The number of aliphatic hydroxyl groups excluding tert-OH is 2. The molecule has 0 fully saturated rings. The molecule has 0 rings (SSSR count). The van der Waals surface area contributed by atoms with Gasteiger partial charge in [0.25, 0.3) is 0 Å². The molecule has 55 heavy (non-hydrogen) atoms. The molecular weight excluding hydrogens is 719 g/mol. The number of ether oxygens (including phenoxy) is 2. The normalized spacial score (nSPS) is 14.6. The minimum atomic E-state index is -4.64. The van der Waals surface area contributed by atoms with E-state index < -0.39 is 51.8 Å². The molecule has 0 aromatic heterocycles. The Bertz CT molecular complexity index is 1140. The van der Waals surface area contributed by atoms with Crippen LogP contribution in [-0.2, 0) is 32.7 Å². The van der Waals surface area contributed by atoms with E-state index in [0.29, 0.717) is 12.8 Å². The monoisotopic (exact) mass is 795 g/mol. The summed E-state index contributed by atoms with van der Waals surface area (Å²) >= 11 is 0. The molecule has 3 N–H and O–H groups in total. The van der Waals surface area contributed by atoms with E-state index in [1.54, 1.807) is 0 Å². The van der Waals surface area contributed by atoms with Crippen LogP contribution in [-0.4, -0.2) is 65.7 Å². The Morgan fingerprint density at radius 1 is 0.545 bits per heavy atom. The van der Waals surface area contributed by atoms with Gasteiger partial charge < -0.3 is 24.6 Å². The van der Waals surface area contributed by atoms with Crippen molar-refractivity contribution in [1.82, 2.24) is 0 Å². The fraction of sp³-hybridized carbons (Fsp3) is 0.682. The lowest BCUT2D eigenvalue weighted by atomic mass is 10.1. The molecule has 3 atom stereocenters. The van der Waals surface area contributed by atoms with Crippen molar-refractivity contribution >= 4 is 19.8 Å². The molecule has 0 saturated heterocycles. The highest BCUT2D eigenvalue weighted by Gasteiger charge is 2.27. The van der Waals surface area contributed by atoms with E-state index in [0.717, 1.165) is 64.2 Å². The van der Waals surface area contributed by atoms with Gasteiger partial charge in [-0.25, -0.2) is 4.57 Å². The van der Waals surface area contributed by atoms with Crippen LogP contribution in [0.25, 0.3) is 0 Å².